The fraction of sp³-hybridized carbons (Fsp3) is 0.188. The van der Waals surface area contributed by atoms with E-state index in [2.05, 4.69) is 5.32 Å². The minimum atomic E-state index is -3.86. The molecule has 0 atom stereocenters. The summed E-state index contributed by atoms with van der Waals surface area (Å²) in [6.07, 6.45) is 0. The highest BCUT2D eigenvalue weighted by atomic mass is 32.2. The van der Waals surface area contributed by atoms with E-state index in [-0.39, 0.29) is 16.1 Å². The Morgan fingerprint density at radius 2 is 1.60 bits per heavy atom. The van der Waals surface area contributed by atoms with E-state index in [9.17, 15) is 13.2 Å². The van der Waals surface area contributed by atoms with E-state index in [1.807, 2.05) is 0 Å². The number of hydrogen-bond donors (Lipinski definition) is 2. The Labute approximate surface area is 145 Å². The molecule has 0 heterocycles. The topological polar surface area (TPSA) is 117 Å². The average Bonchev–Trinajstić information content (AvgIpc) is 2.59. The van der Waals surface area contributed by atoms with Crippen molar-refractivity contribution in [3.63, 3.8) is 0 Å². The Morgan fingerprint density at radius 1 is 1.00 bits per heavy atom. The number of nitrogens with two attached hydrogens (primary N) is 1. The summed E-state index contributed by atoms with van der Waals surface area (Å²) in [5.41, 5.74) is 0.529. The van der Waals surface area contributed by atoms with Gasteiger partial charge < -0.3 is 19.5 Å². The molecule has 0 unspecified atom stereocenters. The van der Waals surface area contributed by atoms with Gasteiger partial charge >= 0.3 is 0 Å². The first-order chi connectivity index (χ1) is 11.8. The average molecular weight is 366 g/mol. The highest BCUT2D eigenvalue weighted by Crippen LogP contribution is 2.38. The lowest BCUT2D eigenvalue weighted by molar-refractivity contribution is 0.102. The van der Waals surface area contributed by atoms with Crippen molar-refractivity contribution in [2.75, 3.05) is 26.6 Å². The molecule has 0 aliphatic heterocycles. The number of methoxy groups -OCH3 is 3. The van der Waals surface area contributed by atoms with Gasteiger partial charge in [-0.3, -0.25) is 4.79 Å². The summed E-state index contributed by atoms with van der Waals surface area (Å²) < 4.78 is 38.4. The maximum atomic E-state index is 12.5. The van der Waals surface area contributed by atoms with Crippen LogP contribution in [0.25, 0.3) is 0 Å². The molecule has 0 saturated carbocycles. The first-order valence-electron chi connectivity index (χ1n) is 7.04. The minimum absolute atomic E-state index is 0.102. The molecule has 134 valence electrons. The number of sulfonamides is 1. The van der Waals surface area contributed by atoms with Crippen LogP contribution in [0.2, 0.25) is 0 Å². The Bertz CT molecular complexity index is 870. The maximum Gasteiger partial charge on any atom is 0.255 e. The number of hydrogen-bond acceptors (Lipinski definition) is 6. The molecule has 2 rings (SSSR count). The van der Waals surface area contributed by atoms with E-state index in [0.717, 1.165) is 0 Å². The number of carbonyl (C=O) groups is 1. The van der Waals surface area contributed by atoms with Crippen LogP contribution in [0.4, 0.5) is 5.69 Å². The highest BCUT2D eigenvalue weighted by molar-refractivity contribution is 7.89. The summed E-state index contributed by atoms with van der Waals surface area (Å²) in [7, 11) is 0.471. The minimum Gasteiger partial charge on any atom is -0.493 e. The normalized spacial score (nSPS) is 10.9. The van der Waals surface area contributed by atoms with Crippen molar-refractivity contribution in [3.05, 3.63) is 42.0 Å². The summed E-state index contributed by atoms with van der Waals surface area (Å²) in [5, 5.41) is 7.69. The van der Waals surface area contributed by atoms with Crippen molar-refractivity contribution in [1.29, 1.82) is 0 Å². The summed E-state index contributed by atoms with van der Waals surface area (Å²) in [5.74, 6) is 0.527. The number of nitrogens with one attached hydrogen (secondary N) is 1. The first-order valence-corrected chi connectivity index (χ1v) is 8.59. The van der Waals surface area contributed by atoms with Crippen molar-refractivity contribution in [2.45, 2.75) is 4.90 Å². The van der Waals surface area contributed by atoms with Gasteiger partial charge in [0.05, 0.1) is 26.2 Å². The van der Waals surface area contributed by atoms with Crippen LogP contribution < -0.4 is 24.7 Å². The zero-order valence-corrected chi connectivity index (χ0v) is 14.7. The van der Waals surface area contributed by atoms with Gasteiger partial charge in [-0.1, -0.05) is 6.07 Å². The van der Waals surface area contributed by atoms with Crippen LogP contribution in [0, 0.1) is 0 Å². The predicted octanol–water partition coefficient (Wildman–Crippen LogP) is 1.61. The second-order valence-corrected chi connectivity index (χ2v) is 6.50. The molecule has 2 aromatic rings. The molecule has 25 heavy (non-hydrogen) atoms. The summed E-state index contributed by atoms with van der Waals surface area (Å²) in [4.78, 5) is 12.4. The van der Waals surface area contributed by atoms with E-state index in [1.165, 1.54) is 51.7 Å². The fourth-order valence-electron chi connectivity index (χ4n) is 2.17. The second kappa shape index (κ2) is 7.41. The van der Waals surface area contributed by atoms with Crippen LogP contribution in [-0.4, -0.2) is 35.7 Å². The number of anilines is 1. The lowest BCUT2D eigenvalue weighted by Gasteiger charge is -2.14. The van der Waals surface area contributed by atoms with Crippen molar-refractivity contribution >= 4 is 21.6 Å². The van der Waals surface area contributed by atoms with Crippen molar-refractivity contribution in [1.82, 2.24) is 0 Å². The van der Waals surface area contributed by atoms with E-state index < -0.39 is 15.9 Å². The van der Waals surface area contributed by atoms with Crippen molar-refractivity contribution < 1.29 is 27.4 Å². The summed E-state index contributed by atoms with van der Waals surface area (Å²) >= 11 is 0. The third kappa shape index (κ3) is 4.20. The molecule has 8 nitrogen and oxygen atoms in total. The van der Waals surface area contributed by atoms with Crippen LogP contribution in [0.1, 0.15) is 10.4 Å². The standard InChI is InChI=1S/C16H18N2O6S/c1-22-13-7-10(8-14(23-2)15(13)24-3)16(19)18-11-5-4-6-12(9-11)25(17,20)21/h4-9H,1-3H3,(H,18,19)(H2,17,20,21). The largest absolute Gasteiger partial charge is 0.493 e. The van der Waals surface area contributed by atoms with Gasteiger partial charge in [0.2, 0.25) is 15.8 Å². The molecule has 9 heteroatoms. The molecule has 0 aliphatic carbocycles. The van der Waals surface area contributed by atoms with E-state index in [0.29, 0.717) is 17.2 Å². The van der Waals surface area contributed by atoms with Crippen LogP contribution in [0.15, 0.2) is 41.3 Å². The van der Waals surface area contributed by atoms with Crippen LogP contribution >= 0.6 is 0 Å². The van der Waals surface area contributed by atoms with E-state index in [4.69, 9.17) is 19.3 Å². The van der Waals surface area contributed by atoms with Gasteiger partial charge in [0.15, 0.2) is 11.5 Å². The quantitative estimate of drug-likeness (QED) is 0.802. The van der Waals surface area contributed by atoms with Gasteiger partial charge in [-0.2, -0.15) is 0 Å². The van der Waals surface area contributed by atoms with Gasteiger partial charge in [0.1, 0.15) is 0 Å². The molecule has 0 saturated heterocycles. The number of ether oxygens (including phenoxy) is 3. The molecule has 0 aliphatic rings. The monoisotopic (exact) mass is 366 g/mol. The summed E-state index contributed by atoms with van der Waals surface area (Å²) in [6.45, 7) is 0. The molecular formula is C16H18N2O6S. The smallest absolute Gasteiger partial charge is 0.255 e. The molecule has 0 fully saturated rings. The Morgan fingerprint density at radius 3 is 2.08 bits per heavy atom. The number of primary sulfonamides is 1. The first kappa shape index (κ1) is 18.6. The van der Waals surface area contributed by atoms with Gasteiger partial charge in [-0.05, 0) is 30.3 Å². The zero-order valence-electron chi connectivity index (χ0n) is 13.9. The van der Waals surface area contributed by atoms with Crippen LogP contribution in [0.3, 0.4) is 0 Å². The molecule has 0 radical (unpaired) electrons. The molecule has 3 N–H and O–H groups in total. The zero-order chi connectivity index (χ0) is 18.6. The van der Waals surface area contributed by atoms with Crippen LogP contribution in [-0.2, 0) is 10.0 Å². The number of amides is 1. The van der Waals surface area contributed by atoms with Gasteiger partial charge in [-0.25, -0.2) is 13.6 Å². The van der Waals surface area contributed by atoms with Crippen LogP contribution in [0.5, 0.6) is 17.2 Å². The number of carbonyl (C=O) groups excluding carboxylic acids is 1. The van der Waals surface area contributed by atoms with Gasteiger partial charge in [0, 0.05) is 11.3 Å². The van der Waals surface area contributed by atoms with Gasteiger partial charge in [-0.15, -0.1) is 0 Å². The Balaban J connectivity index is 2.36. The molecule has 0 spiro atoms. The highest BCUT2D eigenvalue weighted by Gasteiger charge is 2.17. The predicted molar refractivity (Wildman–Crippen MR) is 91.9 cm³/mol. The third-order valence-electron chi connectivity index (χ3n) is 3.35. The fourth-order valence-corrected chi connectivity index (χ4v) is 2.73. The van der Waals surface area contributed by atoms with E-state index in [1.54, 1.807) is 6.07 Å². The molecule has 1 amide bonds. The lowest BCUT2D eigenvalue weighted by atomic mass is 10.1. The third-order valence-corrected chi connectivity index (χ3v) is 4.26. The summed E-state index contributed by atoms with van der Waals surface area (Å²) in [6, 6.07) is 8.60. The van der Waals surface area contributed by atoms with Crippen molar-refractivity contribution in [2.24, 2.45) is 5.14 Å². The number of rotatable bonds is 6. The molecule has 2 aromatic carbocycles. The van der Waals surface area contributed by atoms with Gasteiger partial charge in [0.25, 0.3) is 5.91 Å². The molecule has 0 bridgehead atoms. The molecule has 0 aromatic heterocycles. The lowest BCUT2D eigenvalue weighted by Crippen LogP contribution is -2.15. The SMILES string of the molecule is COc1cc(C(=O)Nc2cccc(S(N)(=O)=O)c2)cc(OC)c1OC. The van der Waals surface area contributed by atoms with Crippen molar-refractivity contribution in [3.8, 4) is 17.2 Å². The Kier molecular flexibility index (Phi) is 5.50. The molecular weight excluding hydrogens is 348 g/mol. The maximum absolute atomic E-state index is 12.5. The van der Waals surface area contributed by atoms with E-state index >= 15 is 0 Å². The number of benzene rings is 2. The second-order valence-electron chi connectivity index (χ2n) is 4.94. The Hall–Kier alpha value is -2.78.